The summed E-state index contributed by atoms with van der Waals surface area (Å²) in [5, 5.41) is 0. The van der Waals surface area contributed by atoms with Crippen molar-refractivity contribution in [3.8, 4) is 5.75 Å². The van der Waals surface area contributed by atoms with Crippen molar-refractivity contribution in [1.82, 2.24) is 4.31 Å². The van der Waals surface area contributed by atoms with Gasteiger partial charge in [0.1, 0.15) is 0 Å². The zero-order chi connectivity index (χ0) is 15.8. The molecule has 0 radical (unpaired) electrons. The highest BCUT2D eigenvalue weighted by atomic mass is 32.2. The number of benzene rings is 1. The molecular weight excluding hydrogens is 295 g/mol. The summed E-state index contributed by atoms with van der Waals surface area (Å²) in [6.45, 7) is 4.32. The van der Waals surface area contributed by atoms with E-state index >= 15 is 0 Å². The summed E-state index contributed by atoms with van der Waals surface area (Å²) in [4.78, 5) is -0.120. The van der Waals surface area contributed by atoms with Crippen LogP contribution in [0.25, 0.3) is 0 Å². The Morgan fingerprint density at radius 2 is 2.05 bits per heavy atom. The van der Waals surface area contributed by atoms with Crippen molar-refractivity contribution < 1.29 is 17.5 Å². The number of hydrogen-bond acceptors (Lipinski definition) is 4. The number of hydrogen-bond donors (Lipinski definition) is 1. The van der Waals surface area contributed by atoms with Gasteiger partial charge in [0.2, 0.25) is 10.0 Å². The third kappa shape index (κ3) is 3.29. The van der Waals surface area contributed by atoms with Gasteiger partial charge < -0.3 is 10.5 Å². The van der Waals surface area contributed by atoms with Crippen LogP contribution < -0.4 is 10.5 Å². The average Bonchev–Trinajstić information content (AvgIpc) is 3.19. The van der Waals surface area contributed by atoms with Crippen LogP contribution in [0.1, 0.15) is 26.7 Å². The van der Waals surface area contributed by atoms with E-state index in [4.69, 9.17) is 10.5 Å². The lowest BCUT2D eigenvalue weighted by Gasteiger charge is -2.24. The molecular formula is C14H21FN2O3S. The van der Waals surface area contributed by atoms with Gasteiger partial charge in [-0.25, -0.2) is 12.8 Å². The van der Waals surface area contributed by atoms with Crippen LogP contribution in [-0.4, -0.2) is 32.4 Å². The second-order valence-electron chi connectivity index (χ2n) is 5.73. The van der Waals surface area contributed by atoms with E-state index in [0.29, 0.717) is 6.54 Å². The largest absolute Gasteiger partial charge is 0.492 e. The average molecular weight is 316 g/mol. The first-order valence-electron chi connectivity index (χ1n) is 6.92. The predicted molar refractivity (Wildman–Crippen MR) is 79.1 cm³/mol. The molecule has 1 fully saturated rings. The molecule has 0 heterocycles. The number of rotatable bonds is 6. The van der Waals surface area contributed by atoms with E-state index in [9.17, 15) is 12.8 Å². The summed E-state index contributed by atoms with van der Waals surface area (Å²) < 4.78 is 45.6. The standard InChI is InChI=1S/C14H21FN2O3S/c1-9(2)8-17(10-4-5-10)21(18,19)11-6-12(15)14(20-3)13(16)7-11/h6-7,9-10H,4-5,8,16H2,1-3H3. The van der Waals surface area contributed by atoms with Crippen LogP contribution in [-0.2, 0) is 10.0 Å². The topological polar surface area (TPSA) is 72.6 Å². The predicted octanol–water partition coefficient (Wildman–Crippen LogP) is 2.23. The third-order valence-electron chi connectivity index (χ3n) is 3.36. The van der Waals surface area contributed by atoms with Gasteiger partial charge in [-0.3, -0.25) is 0 Å². The molecule has 0 aliphatic heterocycles. The van der Waals surface area contributed by atoms with Crippen molar-refractivity contribution in [3.05, 3.63) is 17.9 Å². The van der Waals surface area contributed by atoms with Gasteiger partial charge in [0.25, 0.3) is 0 Å². The lowest BCUT2D eigenvalue weighted by Crippen LogP contribution is -2.36. The first-order chi connectivity index (χ1) is 9.77. The molecule has 5 nitrogen and oxygen atoms in total. The molecule has 2 rings (SSSR count). The number of sulfonamides is 1. The minimum atomic E-state index is -3.75. The molecule has 1 aromatic rings. The van der Waals surface area contributed by atoms with Gasteiger partial charge in [-0.05, 0) is 30.9 Å². The summed E-state index contributed by atoms with van der Waals surface area (Å²) in [5.41, 5.74) is 5.66. The Morgan fingerprint density at radius 1 is 1.43 bits per heavy atom. The summed E-state index contributed by atoms with van der Waals surface area (Å²) in [6.07, 6.45) is 1.69. The Bertz CT molecular complexity index is 604. The SMILES string of the molecule is COc1c(N)cc(S(=O)(=O)N(CC(C)C)C2CC2)cc1F. The molecule has 2 N–H and O–H groups in total. The molecule has 0 amide bonds. The smallest absolute Gasteiger partial charge is 0.243 e. The number of ether oxygens (including phenoxy) is 1. The molecule has 0 saturated heterocycles. The Kier molecular flexibility index (Phi) is 4.43. The molecule has 0 atom stereocenters. The number of nitrogens with zero attached hydrogens (tertiary/aromatic N) is 1. The van der Waals surface area contributed by atoms with Crippen LogP contribution in [0.5, 0.6) is 5.75 Å². The zero-order valence-corrected chi connectivity index (χ0v) is 13.3. The molecule has 1 saturated carbocycles. The fraction of sp³-hybridized carbons (Fsp3) is 0.571. The van der Waals surface area contributed by atoms with Gasteiger partial charge in [0, 0.05) is 12.6 Å². The van der Waals surface area contributed by atoms with Crippen LogP contribution in [0.3, 0.4) is 0 Å². The van der Waals surface area contributed by atoms with Crippen molar-refractivity contribution in [2.45, 2.75) is 37.6 Å². The number of halogens is 1. The molecule has 1 aliphatic rings. The van der Waals surface area contributed by atoms with Gasteiger partial charge in [-0.2, -0.15) is 4.31 Å². The van der Waals surface area contributed by atoms with E-state index in [1.807, 2.05) is 13.8 Å². The number of methoxy groups -OCH3 is 1. The molecule has 1 aromatic carbocycles. The number of nitrogens with two attached hydrogens (primary N) is 1. The molecule has 0 bridgehead atoms. The maximum atomic E-state index is 13.9. The van der Waals surface area contributed by atoms with Crippen LogP contribution in [0.2, 0.25) is 0 Å². The molecule has 7 heteroatoms. The third-order valence-corrected chi connectivity index (χ3v) is 5.25. The first kappa shape index (κ1) is 16.0. The first-order valence-corrected chi connectivity index (χ1v) is 8.36. The maximum absolute atomic E-state index is 13.9. The van der Waals surface area contributed by atoms with E-state index in [1.54, 1.807) is 0 Å². The van der Waals surface area contributed by atoms with E-state index in [1.165, 1.54) is 17.5 Å². The highest BCUT2D eigenvalue weighted by molar-refractivity contribution is 7.89. The van der Waals surface area contributed by atoms with Crippen LogP contribution in [0.15, 0.2) is 17.0 Å². The molecule has 0 aromatic heterocycles. The Hall–Kier alpha value is -1.34. The van der Waals surface area contributed by atoms with Crippen molar-refractivity contribution >= 4 is 15.7 Å². The van der Waals surface area contributed by atoms with Crippen molar-refractivity contribution in [2.75, 3.05) is 19.4 Å². The fourth-order valence-corrected chi connectivity index (χ4v) is 4.15. The summed E-state index contributed by atoms with van der Waals surface area (Å²) in [7, 11) is -2.46. The highest BCUT2D eigenvalue weighted by Crippen LogP contribution is 2.35. The molecule has 118 valence electrons. The van der Waals surface area contributed by atoms with Gasteiger partial charge in [0.15, 0.2) is 11.6 Å². The van der Waals surface area contributed by atoms with E-state index in [0.717, 1.165) is 18.9 Å². The second-order valence-corrected chi connectivity index (χ2v) is 7.62. The van der Waals surface area contributed by atoms with Crippen molar-refractivity contribution in [3.63, 3.8) is 0 Å². The lowest BCUT2D eigenvalue weighted by molar-refractivity contribution is 0.359. The number of anilines is 1. The van der Waals surface area contributed by atoms with Gasteiger partial charge in [-0.15, -0.1) is 0 Å². The van der Waals surface area contributed by atoms with Gasteiger partial charge in [-0.1, -0.05) is 13.8 Å². The minimum Gasteiger partial charge on any atom is -0.492 e. The van der Waals surface area contributed by atoms with Gasteiger partial charge in [0.05, 0.1) is 17.7 Å². The lowest BCUT2D eigenvalue weighted by atomic mass is 10.2. The van der Waals surface area contributed by atoms with Crippen molar-refractivity contribution in [2.24, 2.45) is 5.92 Å². The van der Waals surface area contributed by atoms with Crippen LogP contribution in [0.4, 0.5) is 10.1 Å². The van der Waals surface area contributed by atoms with E-state index < -0.39 is 15.8 Å². The Morgan fingerprint density at radius 3 is 2.48 bits per heavy atom. The zero-order valence-electron chi connectivity index (χ0n) is 12.5. The molecule has 1 aliphatic carbocycles. The van der Waals surface area contributed by atoms with Gasteiger partial charge >= 0.3 is 0 Å². The second kappa shape index (κ2) is 5.81. The Balaban J connectivity index is 2.42. The minimum absolute atomic E-state index is 0.0173. The maximum Gasteiger partial charge on any atom is 0.243 e. The van der Waals surface area contributed by atoms with E-state index in [-0.39, 0.29) is 28.3 Å². The fourth-order valence-electron chi connectivity index (χ4n) is 2.25. The summed E-state index contributed by atoms with van der Waals surface area (Å²) in [5.74, 6) is -0.701. The van der Waals surface area contributed by atoms with Crippen LogP contribution in [0, 0.1) is 11.7 Å². The normalized spacial score (nSPS) is 15.7. The van der Waals surface area contributed by atoms with Crippen LogP contribution >= 0.6 is 0 Å². The van der Waals surface area contributed by atoms with E-state index in [2.05, 4.69) is 0 Å². The molecule has 21 heavy (non-hydrogen) atoms. The molecule has 0 unspecified atom stereocenters. The monoisotopic (exact) mass is 316 g/mol. The quantitative estimate of drug-likeness (QED) is 0.817. The number of nitrogen functional groups attached to an aromatic ring is 1. The van der Waals surface area contributed by atoms with Crippen molar-refractivity contribution in [1.29, 1.82) is 0 Å². The summed E-state index contributed by atoms with van der Waals surface area (Å²) >= 11 is 0. The highest BCUT2D eigenvalue weighted by Gasteiger charge is 2.38. The Labute approximate surface area is 124 Å². The summed E-state index contributed by atoms with van der Waals surface area (Å²) in [6, 6.07) is 2.25. The molecule has 0 spiro atoms.